The van der Waals surface area contributed by atoms with E-state index in [0.29, 0.717) is 62.5 Å². The van der Waals surface area contributed by atoms with Crippen LogP contribution in [0.5, 0.6) is 17.2 Å². The van der Waals surface area contributed by atoms with Crippen LogP contribution in [0.1, 0.15) is 28.8 Å². The van der Waals surface area contributed by atoms with Crippen molar-refractivity contribution in [3.63, 3.8) is 0 Å². The normalized spacial score (nSPS) is 14.2. The van der Waals surface area contributed by atoms with Crippen molar-refractivity contribution in [3.8, 4) is 17.2 Å². The fraction of sp³-hybridized carbons (Fsp3) is 0.391. The molecule has 3 rings (SSSR count). The van der Waals surface area contributed by atoms with Gasteiger partial charge in [0.15, 0.2) is 11.5 Å². The summed E-state index contributed by atoms with van der Waals surface area (Å²) in [6.45, 7) is 2.13. The summed E-state index contributed by atoms with van der Waals surface area (Å²) >= 11 is 0. The summed E-state index contributed by atoms with van der Waals surface area (Å²) in [6.07, 6.45) is 1.71. The van der Waals surface area contributed by atoms with Gasteiger partial charge >= 0.3 is 0 Å². The van der Waals surface area contributed by atoms with E-state index >= 15 is 0 Å². The van der Waals surface area contributed by atoms with E-state index in [4.69, 9.17) is 9.47 Å². The molecular formula is C23H28N2O5. The largest absolute Gasteiger partial charge is 0.507 e. The second-order valence-electron chi connectivity index (χ2n) is 7.23. The van der Waals surface area contributed by atoms with Gasteiger partial charge < -0.3 is 24.4 Å². The molecule has 0 aliphatic carbocycles. The molecule has 0 unspecified atom stereocenters. The van der Waals surface area contributed by atoms with Gasteiger partial charge in [0, 0.05) is 32.6 Å². The zero-order chi connectivity index (χ0) is 21.5. The molecule has 0 saturated carbocycles. The molecule has 2 aromatic carbocycles. The van der Waals surface area contributed by atoms with Crippen LogP contribution in [0.15, 0.2) is 42.5 Å². The number of nitrogens with zero attached hydrogens (tertiary/aromatic N) is 2. The lowest BCUT2D eigenvalue weighted by molar-refractivity contribution is -0.131. The Hall–Kier alpha value is -3.22. The Morgan fingerprint density at radius 2 is 1.63 bits per heavy atom. The van der Waals surface area contributed by atoms with Crippen LogP contribution in [0.25, 0.3) is 0 Å². The summed E-state index contributed by atoms with van der Waals surface area (Å²) < 4.78 is 10.6. The number of carbonyl (C=O) groups is 2. The third kappa shape index (κ3) is 5.03. The monoisotopic (exact) mass is 412 g/mol. The lowest BCUT2D eigenvalue weighted by atomic mass is 10.1. The van der Waals surface area contributed by atoms with Gasteiger partial charge in [-0.15, -0.1) is 0 Å². The molecule has 2 amide bonds. The minimum atomic E-state index is -0.201. The van der Waals surface area contributed by atoms with Crippen molar-refractivity contribution < 1.29 is 24.2 Å². The van der Waals surface area contributed by atoms with Gasteiger partial charge in [-0.1, -0.05) is 18.2 Å². The number of carbonyl (C=O) groups excluding carboxylic acids is 2. The standard InChI is InChI=1S/C23H28N2O5/c1-29-20-10-8-17(16-21(20)30-2)9-11-22(27)24-12-5-13-25(15-14-24)23(28)18-6-3-4-7-19(18)26/h3-4,6-8,10,16,26H,5,9,11-15H2,1-2H3. The summed E-state index contributed by atoms with van der Waals surface area (Å²) in [6, 6.07) is 12.2. The molecule has 1 saturated heterocycles. The van der Waals surface area contributed by atoms with Gasteiger partial charge in [-0.05, 0) is 42.7 Å². The van der Waals surface area contributed by atoms with Gasteiger partial charge in [-0.3, -0.25) is 9.59 Å². The van der Waals surface area contributed by atoms with Crippen LogP contribution in [-0.4, -0.2) is 67.1 Å². The third-order valence-electron chi connectivity index (χ3n) is 5.35. The molecule has 1 fully saturated rings. The second kappa shape index (κ2) is 10.0. The van der Waals surface area contributed by atoms with Crippen molar-refractivity contribution in [1.29, 1.82) is 0 Å². The van der Waals surface area contributed by atoms with Crippen LogP contribution in [0.4, 0.5) is 0 Å². The first-order valence-electron chi connectivity index (χ1n) is 10.1. The SMILES string of the molecule is COc1ccc(CCC(=O)N2CCCN(C(=O)c3ccccc3O)CC2)cc1OC. The number of methoxy groups -OCH3 is 2. The van der Waals surface area contributed by atoms with Crippen molar-refractivity contribution >= 4 is 11.8 Å². The second-order valence-corrected chi connectivity index (χ2v) is 7.23. The number of phenolic OH excluding ortho intramolecular Hbond substituents is 1. The maximum Gasteiger partial charge on any atom is 0.257 e. The number of hydrogen-bond acceptors (Lipinski definition) is 5. The molecule has 1 N–H and O–H groups in total. The molecule has 0 spiro atoms. The van der Waals surface area contributed by atoms with Crippen molar-refractivity contribution in [2.75, 3.05) is 40.4 Å². The van der Waals surface area contributed by atoms with Crippen molar-refractivity contribution in [1.82, 2.24) is 9.80 Å². The summed E-state index contributed by atoms with van der Waals surface area (Å²) in [4.78, 5) is 29.0. The first kappa shape index (κ1) is 21.5. The number of ether oxygens (including phenoxy) is 2. The number of aryl methyl sites for hydroxylation is 1. The molecule has 0 radical (unpaired) electrons. The maximum absolute atomic E-state index is 12.7. The predicted octanol–water partition coefficient (Wildman–Crippen LogP) is 2.72. The molecular weight excluding hydrogens is 384 g/mol. The molecule has 160 valence electrons. The molecule has 30 heavy (non-hydrogen) atoms. The molecule has 0 bridgehead atoms. The van der Waals surface area contributed by atoms with Gasteiger partial charge in [0.05, 0.1) is 19.8 Å². The Labute approximate surface area is 176 Å². The van der Waals surface area contributed by atoms with Crippen molar-refractivity contribution in [2.24, 2.45) is 0 Å². The Balaban J connectivity index is 1.55. The van der Waals surface area contributed by atoms with E-state index in [1.165, 1.54) is 6.07 Å². The minimum absolute atomic E-state index is 0.0189. The Bertz CT molecular complexity index is 899. The fourth-order valence-electron chi connectivity index (χ4n) is 3.64. The van der Waals surface area contributed by atoms with Gasteiger partial charge in [0.2, 0.25) is 5.91 Å². The van der Waals surface area contributed by atoms with Crippen LogP contribution in [0, 0.1) is 0 Å². The third-order valence-corrected chi connectivity index (χ3v) is 5.35. The molecule has 0 aromatic heterocycles. The average Bonchev–Trinajstić information content (AvgIpc) is 3.03. The highest BCUT2D eigenvalue weighted by Gasteiger charge is 2.24. The Morgan fingerprint density at radius 3 is 2.37 bits per heavy atom. The van der Waals surface area contributed by atoms with E-state index in [1.807, 2.05) is 23.1 Å². The quantitative estimate of drug-likeness (QED) is 0.789. The summed E-state index contributed by atoms with van der Waals surface area (Å²) in [5, 5.41) is 9.94. The summed E-state index contributed by atoms with van der Waals surface area (Å²) in [7, 11) is 3.18. The number of amides is 2. The Kier molecular flexibility index (Phi) is 7.17. The zero-order valence-corrected chi connectivity index (χ0v) is 17.5. The molecule has 1 aliphatic rings. The van der Waals surface area contributed by atoms with Crippen LogP contribution in [-0.2, 0) is 11.2 Å². The van der Waals surface area contributed by atoms with E-state index < -0.39 is 0 Å². The van der Waals surface area contributed by atoms with Crippen LogP contribution in [0.3, 0.4) is 0 Å². The minimum Gasteiger partial charge on any atom is -0.507 e. The van der Waals surface area contributed by atoms with E-state index in [0.717, 1.165) is 5.56 Å². The van der Waals surface area contributed by atoms with E-state index in [1.54, 1.807) is 37.3 Å². The van der Waals surface area contributed by atoms with Crippen molar-refractivity contribution in [3.05, 3.63) is 53.6 Å². The lowest BCUT2D eigenvalue weighted by Gasteiger charge is -2.22. The molecule has 2 aromatic rings. The highest BCUT2D eigenvalue weighted by molar-refractivity contribution is 5.96. The highest BCUT2D eigenvalue weighted by Crippen LogP contribution is 2.28. The Morgan fingerprint density at radius 1 is 0.933 bits per heavy atom. The van der Waals surface area contributed by atoms with Gasteiger partial charge in [0.25, 0.3) is 5.91 Å². The van der Waals surface area contributed by atoms with Crippen LogP contribution in [0.2, 0.25) is 0 Å². The number of benzene rings is 2. The zero-order valence-electron chi connectivity index (χ0n) is 17.5. The number of rotatable bonds is 6. The fourth-order valence-corrected chi connectivity index (χ4v) is 3.64. The average molecular weight is 412 g/mol. The first-order valence-corrected chi connectivity index (χ1v) is 10.1. The number of aromatic hydroxyl groups is 1. The lowest BCUT2D eigenvalue weighted by Crippen LogP contribution is -2.37. The maximum atomic E-state index is 12.7. The van der Waals surface area contributed by atoms with E-state index in [-0.39, 0.29) is 17.6 Å². The smallest absolute Gasteiger partial charge is 0.257 e. The summed E-state index contributed by atoms with van der Waals surface area (Å²) in [5.41, 5.74) is 1.30. The highest BCUT2D eigenvalue weighted by atomic mass is 16.5. The molecule has 0 atom stereocenters. The molecule has 1 heterocycles. The topological polar surface area (TPSA) is 79.3 Å². The number of phenols is 1. The number of para-hydroxylation sites is 1. The van der Waals surface area contributed by atoms with Crippen LogP contribution < -0.4 is 9.47 Å². The van der Waals surface area contributed by atoms with Gasteiger partial charge in [0.1, 0.15) is 5.75 Å². The number of hydrogen-bond donors (Lipinski definition) is 1. The first-order chi connectivity index (χ1) is 14.5. The molecule has 7 nitrogen and oxygen atoms in total. The van der Waals surface area contributed by atoms with E-state index in [9.17, 15) is 14.7 Å². The van der Waals surface area contributed by atoms with Crippen LogP contribution >= 0.6 is 0 Å². The van der Waals surface area contributed by atoms with E-state index in [2.05, 4.69) is 0 Å². The summed E-state index contributed by atoms with van der Waals surface area (Å²) in [5.74, 6) is 1.16. The molecule has 1 aliphatic heterocycles. The van der Waals surface area contributed by atoms with Gasteiger partial charge in [-0.25, -0.2) is 0 Å². The van der Waals surface area contributed by atoms with Gasteiger partial charge in [-0.2, -0.15) is 0 Å². The molecule has 7 heteroatoms. The predicted molar refractivity (Wildman–Crippen MR) is 113 cm³/mol. The van der Waals surface area contributed by atoms with Crippen molar-refractivity contribution in [2.45, 2.75) is 19.3 Å².